The zero-order valence-electron chi connectivity index (χ0n) is 26.3. The molecule has 6 heteroatoms. The average molecular weight is 674 g/mol. The largest absolute Gasteiger partial charge is 0.437 e. The van der Waals surface area contributed by atoms with Gasteiger partial charge in [-0.05, 0) is 30.3 Å². The lowest BCUT2D eigenvalue weighted by Crippen LogP contribution is -2.03. The van der Waals surface area contributed by atoms with Gasteiger partial charge in [0.25, 0.3) is 0 Å². The highest BCUT2D eigenvalue weighted by Crippen LogP contribution is 2.51. The van der Waals surface area contributed by atoms with Crippen LogP contribution < -0.4 is 0 Å². The molecule has 7 aromatic carbocycles. The van der Waals surface area contributed by atoms with E-state index in [1.165, 1.54) is 61.9 Å². The molecule has 0 amide bonds. The SMILES string of the molecule is c1ccc(-c2nc(-n3c4ccccc4c4c5sc6ccccc6c5c5c(ccc6sc7ccccc7c65)c43)nc3oc4ccccc4c23)cc1. The van der Waals surface area contributed by atoms with Crippen LogP contribution in [0.15, 0.2) is 144 Å². The molecule has 0 radical (unpaired) electrons. The summed E-state index contributed by atoms with van der Waals surface area (Å²) in [5.41, 5.74) is 5.46. The van der Waals surface area contributed by atoms with Crippen molar-refractivity contribution in [3.8, 4) is 17.2 Å². The molecule has 5 heterocycles. The van der Waals surface area contributed by atoms with Crippen molar-refractivity contribution < 1.29 is 4.42 Å². The molecular weight excluding hydrogens is 651 g/mol. The van der Waals surface area contributed by atoms with Crippen molar-refractivity contribution in [2.75, 3.05) is 0 Å². The van der Waals surface area contributed by atoms with Gasteiger partial charge in [-0.15, -0.1) is 22.7 Å². The lowest BCUT2D eigenvalue weighted by Gasteiger charge is -2.12. The Morgan fingerprint density at radius 2 is 1.14 bits per heavy atom. The van der Waals surface area contributed by atoms with Gasteiger partial charge in [0.15, 0.2) is 0 Å². The summed E-state index contributed by atoms with van der Waals surface area (Å²) in [6, 6.07) is 49.6. The van der Waals surface area contributed by atoms with E-state index in [0.29, 0.717) is 11.7 Å². The average Bonchev–Trinajstić information content (AvgIpc) is 3.93. The topological polar surface area (TPSA) is 43.9 Å². The highest BCUT2D eigenvalue weighted by atomic mass is 32.1. The molecule has 0 aliphatic heterocycles. The van der Waals surface area contributed by atoms with Gasteiger partial charge in [-0.2, -0.15) is 4.98 Å². The van der Waals surface area contributed by atoms with E-state index < -0.39 is 0 Å². The lowest BCUT2D eigenvalue weighted by molar-refractivity contribution is 0.651. The van der Waals surface area contributed by atoms with Crippen molar-refractivity contribution in [3.05, 3.63) is 140 Å². The van der Waals surface area contributed by atoms with Crippen molar-refractivity contribution in [3.63, 3.8) is 0 Å². The number of rotatable bonds is 2. The van der Waals surface area contributed by atoms with Crippen LogP contribution >= 0.6 is 22.7 Å². The first-order chi connectivity index (χ1) is 24.8. The molecule has 4 nitrogen and oxygen atoms in total. The number of aromatic nitrogens is 3. The molecule has 12 rings (SSSR count). The maximum Gasteiger partial charge on any atom is 0.238 e. The van der Waals surface area contributed by atoms with Crippen LogP contribution in [0.25, 0.3) is 112 Å². The molecule has 0 N–H and O–H groups in total. The van der Waals surface area contributed by atoms with Gasteiger partial charge in [0.2, 0.25) is 11.7 Å². The van der Waals surface area contributed by atoms with Gasteiger partial charge >= 0.3 is 0 Å². The monoisotopic (exact) mass is 673 g/mol. The second-order valence-corrected chi connectivity index (χ2v) is 15.0. The number of furan rings is 1. The molecule has 232 valence electrons. The van der Waals surface area contributed by atoms with E-state index in [2.05, 4.69) is 120 Å². The van der Waals surface area contributed by atoms with Crippen LogP contribution in [0, 0.1) is 0 Å². The van der Waals surface area contributed by atoms with E-state index in [9.17, 15) is 0 Å². The Kier molecular flexibility index (Phi) is 5.23. The molecule has 0 saturated heterocycles. The second-order valence-electron chi connectivity index (χ2n) is 12.9. The summed E-state index contributed by atoms with van der Waals surface area (Å²) in [6.07, 6.45) is 0. The van der Waals surface area contributed by atoms with Gasteiger partial charge in [-0.1, -0.05) is 109 Å². The molecule has 0 saturated carbocycles. The maximum absolute atomic E-state index is 6.51. The number of hydrogen-bond donors (Lipinski definition) is 0. The first-order valence-electron chi connectivity index (χ1n) is 16.7. The highest BCUT2D eigenvalue weighted by molar-refractivity contribution is 7.27. The van der Waals surface area contributed by atoms with Crippen molar-refractivity contribution in [2.24, 2.45) is 0 Å². The van der Waals surface area contributed by atoms with Crippen molar-refractivity contribution in [1.29, 1.82) is 0 Å². The summed E-state index contributed by atoms with van der Waals surface area (Å²) in [7, 11) is 0. The molecule has 5 aromatic heterocycles. The van der Waals surface area contributed by atoms with E-state index in [1.807, 2.05) is 46.9 Å². The fourth-order valence-electron chi connectivity index (χ4n) is 8.19. The molecule has 0 unspecified atom stereocenters. The maximum atomic E-state index is 6.51. The van der Waals surface area contributed by atoms with Crippen molar-refractivity contribution >= 4 is 118 Å². The van der Waals surface area contributed by atoms with E-state index in [-0.39, 0.29) is 0 Å². The minimum Gasteiger partial charge on any atom is -0.437 e. The Morgan fingerprint density at radius 1 is 0.460 bits per heavy atom. The summed E-state index contributed by atoms with van der Waals surface area (Å²) >= 11 is 3.75. The van der Waals surface area contributed by atoms with Crippen molar-refractivity contribution in [1.82, 2.24) is 14.5 Å². The van der Waals surface area contributed by atoms with Crippen LogP contribution in [0.2, 0.25) is 0 Å². The van der Waals surface area contributed by atoms with Crippen LogP contribution in [-0.2, 0) is 0 Å². The number of para-hydroxylation sites is 2. The highest BCUT2D eigenvalue weighted by Gasteiger charge is 2.26. The van der Waals surface area contributed by atoms with E-state index in [4.69, 9.17) is 14.4 Å². The lowest BCUT2D eigenvalue weighted by atomic mass is 9.96. The summed E-state index contributed by atoms with van der Waals surface area (Å²) in [5.74, 6) is 0.596. The van der Waals surface area contributed by atoms with Gasteiger partial charge in [0, 0.05) is 72.8 Å². The third-order valence-electron chi connectivity index (χ3n) is 10.2. The van der Waals surface area contributed by atoms with Crippen LogP contribution in [0.5, 0.6) is 0 Å². The summed E-state index contributed by atoms with van der Waals surface area (Å²) < 4.78 is 14.0. The van der Waals surface area contributed by atoms with Crippen LogP contribution in [0.4, 0.5) is 0 Å². The zero-order chi connectivity index (χ0) is 32.5. The minimum absolute atomic E-state index is 0.583. The number of nitrogens with zero attached hydrogens (tertiary/aromatic N) is 3. The zero-order valence-corrected chi connectivity index (χ0v) is 28.0. The third kappa shape index (κ3) is 3.44. The van der Waals surface area contributed by atoms with Gasteiger partial charge in [-0.25, -0.2) is 4.98 Å². The smallest absolute Gasteiger partial charge is 0.238 e. The van der Waals surface area contributed by atoms with Gasteiger partial charge in [0.05, 0.1) is 22.1 Å². The quantitative estimate of drug-likeness (QED) is 0.183. The Balaban J connectivity index is 1.35. The summed E-state index contributed by atoms with van der Waals surface area (Å²) in [6.45, 7) is 0. The van der Waals surface area contributed by atoms with E-state index >= 15 is 0 Å². The Bertz CT molecular complexity index is 3380. The first kappa shape index (κ1) is 26.8. The first-order valence-corrected chi connectivity index (χ1v) is 18.3. The molecule has 50 heavy (non-hydrogen) atoms. The molecule has 0 spiro atoms. The summed E-state index contributed by atoms with van der Waals surface area (Å²) in [4.78, 5) is 10.7. The van der Waals surface area contributed by atoms with E-state index in [0.717, 1.165) is 38.6 Å². The standard InChI is InChI=1S/C44H23N3OS2/c1-2-12-24(13-3-1)40-38-26-15-5-9-19-31(26)48-43(38)46-44(45-40)47-30-18-8-4-14-25(30)39-41(47)29-22-23-34-35(27-16-6-10-20-32(27)49-34)36(29)37-28-17-7-11-21-33(28)50-42(37)39/h1-23H. The second kappa shape index (κ2) is 9.76. The third-order valence-corrected chi connectivity index (χ3v) is 12.5. The number of thiophene rings is 2. The van der Waals surface area contributed by atoms with Gasteiger partial charge in [0.1, 0.15) is 5.58 Å². The molecule has 0 atom stereocenters. The number of fused-ring (bicyclic) bond motifs is 17. The Labute approximate surface area is 292 Å². The predicted molar refractivity (Wildman–Crippen MR) is 212 cm³/mol. The molecule has 0 bridgehead atoms. The molecule has 0 aliphatic rings. The molecule has 12 aromatic rings. The fourth-order valence-corrected chi connectivity index (χ4v) is 10.6. The van der Waals surface area contributed by atoms with Crippen molar-refractivity contribution in [2.45, 2.75) is 0 Å². The van der Waals surface area contributed by atoms with Crippen LogP contribution in [-0.4, -0.2) is 14.5 Å². The predicted octanol–water partition coefficient (Wildman–Crippen LogP) is 13.0. The minimum atomic E-state index is 0.583. The number of hydrogen-bond acceptors (Lipinski definition) is 5. The summed E-state index contributed by atoms with van der Waals surface area (Å²) in [5, 5.41) is 12.1. The molecular formula is C44H23N3OS2. The van der Waals surface area contributed by atoms with Crippen LogP contribution in [0.1, 0.15) is 0 Å². The number of benzene rings is 7. The van der Waals surface area contributed by atoms with Gasteiger partial charge < -0.3 is 4.42 Å². The normalized spacial score (nSPS) is 12.4. The van der Waals surface area contributed by atoms with Crippen LogP contribution in [0.3, 0.4) is 0 Å². The molecule has 0 aliphatic carbocycles. The molecule has 0 fully saturated rings. The van der Waals surface area contributed by atoms with Gasteiger partial charge in [-0.3, -0.25) is 4.57 Å². The Hall–Kier alpha value is -6.08. The Morgan fingerprint density at radius 3 is 1.98 bits per heavy atom. The van der Waals surface area contributed by atoms with E-state index in [1.54, 1.807) is 0 Å². The fraction of sp³-hybridized carbons (Fsp3) is 0.